The van der Waals surface area contributed by atoms with Gasteiger partial charge in [-0.05, 0) is 28.1 Å². The maximum absolute atomic E-state index is 11.1. The third kappa shape index (κ3) is 2.56. The second kappa shape index (κ2) is 4.42. The van der Waals surface area contributed by atoms with Gasteiger partial charge in [-0.25, -0.2) is 0 Å². The maximum atomic E-state index is 11.1. The minimum atomic E-state index is 0.131. The van der Waals surface area contributed by atoms with Gasteiger partial charge in [-0.1, -0.05) is 0 Å². The monoisotopic (exact) mass is 274 g/mol. The number of nitrogens with one attached hydrogen (secondary N) is 1. The van der Waals surface area contributed by atoms with Crippen molar-refractivity contribution < 1.29 is 4.79 Å². The smallest absolute Gasteiger partial charge is 0.234 e. The lowest BCUT2D eigenvalue weighted by atomic mass is 10.3. The molecule has 1 aliphatic heterocycles. The van der Waals surface area contributed by atoms with Crippen LogP contribution in [0.2, 0.25) is 0 Å². The van der Waals surface area contributed by atoms with Gasteiger partial charge in [0, 0.05) is 24.5 Å². The van der Waals surface area contributed by atoms with Crippen LogP contribution in [0.1, 0.15) is 4.88 Å². The predicted octanol–water partition coefficient (Wildman–Crippen LogP) is 1.44. The van der Waals surface area contributed by atoms with Crippen molar-refractivity contribution in [2.45, 2.75) is 6.54 Å². The summed E-state index contributed by atoms with van der Waals surface area (Å²) in [5.74, 6) is 0.131. The highest BCUT2D eigenvalue weighted by molar-refractivity contribution is 9.11. The number of halogens is 1. The van der Waals surface area contributed by atoms with Crippen molar-refractivity contribution in [1.82, 2.24) is 10.2 Å². The van der Waals surface area contributed by atoms with Crippen LogP contribution in [-0.2, 0) is 11.3 Å². The Hall–Kier alpha value is -0.390. The van der Waals surface area contributed by atoms with Gasteiger partial charge in [-0.15, -0.1) is 11.3 Å². The molecule has 14 heavy (non-hydrogen) atoms. The van der Waals surface area contributed by atoms with Crippen molar-refractivity contribution >= 4 is 33.2 Å². The molecule has 0 spiro atoms. The molecule has 2 rings (SSSR count). The fourth-order valence-electron chi connectivity index (χ4n) is 1.48. The molecule has 1 fully saturated rings. The molecular formula is C9H11BrN2OS. The van der Waals surface area contributed by atoms with Crippen LogP contribution < -0.4 is 5.32 Å². The molecule has 0 bridgehead atoms. The van der Waals surface area contributed by atoms with Crippen molar-refractivity contribution in [3.63, 3.8) is 0 Å². The topological polar surface area (TPSA) is 32.3 Å². The predicted molar refractivity (Wildman–Crippen MR) is 60.3 cm³/mol. The Labute approximate surface area is 95.2 Å². The number of carbonyl (C=O) groups excluding carboxylic acids is 1. The van der Waals surface area contributed by atoms with Crippen LogP contribution in [0.15, 0.2) is 15.9 Å². The van der Waals surface area contributed by atoms with Crippen LogP contribution in [0.3, 0.4) is 0 Å². The van der Waals surface area contributed by atoms with Crippen molar-refractivity contribution in [2.24, 2.45) is 0 Å². The van der Waals surface area contributed by atoms with Gasteiger partial charge in [0.25, 0.3) is 0 Å². The van der Waals surface area contributed by atoms with E-state index in [0.29, 0.717) is 6.54 Å². The molecule has 1 amide bonds. The summed E-state index contributed by atoms with van der Waals surface area (Å²) in [6.07, 6.45) is 0. The Morgan fingerprint density at radius 2 is 2.43 bits per heavy atom. The number of rotatable bonds is 2. The first-order chi connectivity index (χ1) is 6.74. The minimum Gasteiger partial charge on any atom is -0.354 e. The van der Waals surface area contributed by atoms with Crippen LogP contribution >= 0.6 is 27.3 Å². The van der Waals surface area contributed by atoms with Gasteiger partial charge in [0.05, 0.1) is 10.3 Å². The highest BCUT2D eigenvalue weighted by Crippen LogP contribution is 2.23. The number of thiophene rings is 1. The zero-order valence-corrected chi connectivity index (χ0v) is 10.0. The fraction of sp³-hybridized carbons (Fsp3) is 0.444. The molecular weight excluding hydrogens is 264 g/mol. The van der Waals surface area contributed by atoms with E-state index in [1.165, 1.54) is 4.88 Å². The number of amides is 1. The first kappa shape index (κ1) is 10.1. The van der Waals surface area contributed by atoms with E-state index in [9.17, 15) is 4.79 Å². The van der Waals surface area contributed by atoms with Gasteiger partial charge in [0.1, 0.15) is 0 Å². The molecule has 2 heterocycles. The zero-order valence-electron chi connectivity index (χ0n) is 7.62. The Morgan fingerprint density at radius 3 is 3.07 bits per heavy atom. The zero-order chi connectivity index (χ0) is 9.97. The summed E-state index contributed by atoms with van der Waals surface area (Å²) in [5.41, 5.74) is 0. The third-order valence-corrected chi connectivity index (χ3v) is 3.73. The average molecular weight is 275 g/mol. The van der Waals surface area contributed by atoms with E-state index in [2.05, 4.69) is 32.2 Å². The fourth-order valence-corrected chi connectivity index (χ4v) is 3.01. The number of nitrogens with zero attached hydrogens (tertiary/aromatic N) is 1. The van der Waals surface area contributed by atoms with E-state index in [0.717, 1.165) is 23.4 Å². The standard InChI is InChI=1S/C9H11BrN2OS/c10-8-2-1-7(14-8)5-12-4-3-11-9(13)6-12/h1-2H,3-6H2,(H,11,13). The Kier molecular flexibility index (Phi) is 3.20. The summed E-state index contributed by atoms with van der Waals surface area (Å²) in [7, 11) is 0. The number of piperazine rings is 1. The number of hydrogen-bond donors (Lipinski definition) is 1. The second-order valence-electron chi connectivity index (χ2n) is 3.27. The van der Waals surface area contributed by atoms with E-state index >= 15 is 0 Å². The Balaban J connectivity index is 1.93. The van der Waals surface area contributed by atoms with Crippen LogP contribution in [0.5, 0.6) is 0 Å². The quantitative estimate of drug-likeness (QED) is 0.886. The van der Waals surface area contributed by atoms with Crippen LogP contribution in [-0.4, -0.2) is 30.4 Å². The van der Waals surface area contributed by atoms with Gasteiger partial charge in [0.2, 0.25) is 5.91 Å². The molecule has 0 unspecified atom stereocenters. The van der Waals surface area contributed by atoms with E-state index in [1.807, 2.05) is 6.07 Å². The molecule has 3 nitrogen and oxygen atoms in total. The lowest BCUT2D eigenvalue weighted by molar-refractivity contribution is -0.124. The Morgan fingerprint density at radius 1 is 1.57 bits per heavy atom. The Bertz CT molecular complexity index is 339. The van der Waals surface area contributed by atoms with Gasteiger partial charge in [0.15, 0.2) is 0 Å². The molecule has 0 saturated carbocycles. The highest BCUT2D eigenvalue weighted by Gasteiger charge is 2.16. The maximum Gasteiger partial charge on any atom is 0.234 e. The normalized spacial score (nSPS) is 18.2. The molecule has 0 aliphatic carbocycles. The summed E-state index contributed by atoms with van der Waals surface area (Å²) in [4.78, 5) is 14.6. The van der Waals surface area contributed by atoms with E-state index in [4.69, 9.17) is 0 Å². The minimum absolute atomic E-state index is 0.131. The average Bonchev–Trinajstić information content (AvgIpc) is 2.51. The summed E-state index contributed by atoms with van der Waals surface area (Å²) in [5, 5.41) is 2.82. The van der Waals surface area contributed by atoms with Gasteiger partial charge < -0.3 is 5.32 Å². The summed E-state index contributed by atoms with van der Waals surface area (Å²) >= 11 is 5.16. The van der Waals surface area contributed by atoms with Gasteiger partial charge >= 0.3 is 0 Å². The van der Waals surface area contributed by atoms with Crippen molar-refractivity contribution in [3.8, 4) is 0 Å². The first-order valence-corrected chi connectivity index (χ1v) is 6.08. The molecule has 76 valence electrons. The van der Waals surface area contributed by atoms with E-state index in [-0.39, 0.29) is 5.91 Å². The number of carbonyl (C=O) groups is 1. The molecule has 1 aromatic rings. The summed E-state index contributed by atoms with van der Waals surface area (Å²) in [6, 6.07) is 4.14. The molecule has 1 aromatic heterocycles. The SMILES string of the molecule is O=C1CN(Cc2ccc(Br)s2)CCN1. The second-order valence-corrected chi connectivity index (χ2v) is 5.81. The number of hydrogen-bond acceptors (Lipinski definition) is 3. The van der Waals surface area contributed by atoms with Crippen molar-refractivity contribution in [1.29, 1.82) is 0 Å². The van der Waals surface area contributed by atoms with Crippen LogP contribution in [0, 0.1) is 0 Å². The van der Waals surface area contributed by atoms with E-state index < -0.39 is 0 Å². The molecule has 1 N–H and O–H groups in total. The van der Waals surface area contributed by atoms with Crippen molar-refractivity contribution in [3.05, 3.63) is 20.8 Å². The first-order valence-electron chi connectivity index (χ1n) is 4.47. The molecule has 0 radical (unpaired) electrons. The van der Waals surface area contributed by atoms with Gasteiger partial charge in [-0.3, -0.25) is 9.69 Å². The van der Waals surface area contributed by atoms with Gasteiger partial charge in [-0.2, -0.15) is 0 Å². The summed E-state index contributed by atoms with van der Waals surface area (Å²) in [6.45, 7) is 3.12. The molecule has 1 saturated heterocycles. The van der Waals surface area contributed by atoms with Crippen LogP contribution in [0.4, 0.5) is 0 Å². The largest absolute Gasteiger partial charge is 0.354 e. The lowest BCUT2D eigenvalue weighted by Crippen LogP contribution is -2.46. The third-order valence-electron chi connectivity index (χ3n) is 2.13. The highest BCUT2D eigenvalue weighted by atomic mass is 79.9. The molecule has 5 heteroatoms. The molecule has 0 atom stereocenters. The summed E-state index contributed by atoms with van der Waals surface area (Å²) < 4.78 is 1.15. The van der Waals surface area contributed by atoms with Crippen molar-refractivity contribution in [2.75, 3.05) is 19.6 Å². The van der Waals surface area contributed by atoms with E-state index in [1.54, 1.807) is 11.3 Å². The molecule has 1 aliphatic rings. The lowest BCUT2D eigenvalue weighted by Gasteiger charge is -2.25. The molecule has 0 aromatic carbocycles. The van der Waals surface area contributed by atoms with Crippen LogP contribution in [0.25, 0.3) is 0 Å².